The fourth-order valence-electron chi connectivity index (χ4n) is 2.34. The smallest absolute Gasteiger partial charge is 0.368 e. The van der Waals surface area contributed by atoms with Gasteiger partial charge in [-0.25, -0.2) is 4.98 Å². The van der Waals surface area contributed by atoms with Gasteiger partial charge in [-0.3, -0.25) is 0 Å². The normalized spacial score (nSPS) is 23.6. The molecule has 0 spiro atoms. The number of anilines is 2. The van der Waals surface area contributed by atoms with E-state index in [-0.39, 0.29) is 17.8 Å². The molecule has 4 nitrogen and oxygen atoms in total. The molecule has 2 rings (SSSR count). The first-order valence-corrected chi connectivity index (χ1v) is 7.68. The van der Waals surface area contributed by atoms with Gasteiger partial charge in [-0.05, 0) is 31.9 Å². The molecule has 0 saturated heterocycles. The van der Waals surface area contributed by atoms with Crippen LogP contribution in [0, 0.1) is 0 Å². The predicted octanol–water partition coefficient (Wildman–Crippen LogP) is 3.16. The molecule has 1 fully saturated rings. The van der Waals surface area contributed by atoms with Crippen molar-refractivity contribution < 1.29 is 13.2 Å². The SMILES string of the molecule is CSC1CCC(Nc2cc(C(F)(F)F)nc(N)n2)CC1. The lowest BCUT2D eigenvalue weighted by atomic mass is 9.95. The van der Waals surface area contributed by atoms with Gasteiger partial charge in [0.2, 0.25) is 5.95 Å². The van der Waals surface area contributed by atoms with E-state index in [4.69, 9.17) is 5.73 Å². The Morgan fingerprint density at radius 1 is 1.25 bits per heavy atom. The van der Waals surface area contributed by atoms with Crippen LogP contribution in [-0.4, -0.2) is 27.5 Å². The van der Waals surface area contributed by atoms with E-state index in [2.05, 4.69) is 21.5 Å². The lowest BCUT2D eigenvalue weighted by Gasteiger charge is -2.28. The number of rotatable bonds is 3. The van der Waals surface area contributed by atoms with Gasteiger partial charge in [0.15, 0.2) is 5.69 Å². The maximum atomic E-state index is 12.6. The summed E-state index contributed by atoms with van der Waals surface area (Å²) >= 11 is 1.84. The molecular formula is C12H17F3N4S. The van der Waals surface area contributed by atoms with Crippen LogP contribution in [0.3, 0.4) is 0 Å². The topological polar surface area (TPSA) is 63.8 Å². The van der Waals surface area contributed by atoms with Crippen LogP contribution >= 0.6 is 11.8 Å². The molecule has 0 aliphatic heterocycles. The number of nitrogens with one attached hydrogen (secondary N) is 1. The van der Waals surface area contributed by atoms with Crippen LogP contribution in [-0.2, 0) is 6.18 Å². The summed E-state index contributed by atoms with van der Waals surface area (Å²) in [5.41, 5.74) is 4.33. The first kappa shape index (κ1) is 15.2. The molecule has 0 unspecified atom stereocenters. The number of alkyl halides is 3. The predicted molar refractivity (Wildman–Crippen MR) is 74.6 cm³/mol. The molecule has 8 heteroatoms. The molecule has 0 bridgehead atoms. The Bertz CT molecular complexity index is 459. The van der Waals surface area contributed by atoms with Crippen molar-refractivity contribution in [1.29, 1.82) is 0 Å². The Kier molecular flexibility index (Phi) is 4.62. The van der Waals surface area contributed by atoms with E-state index in [1.165, 1.54) is 0 Å². The Hall–Kier alpha value is -1.18. The Morgan fingerprint density at radius 3 is 2.45 bits per heavy atom. The second-order valence-electron chi connectivity index (χ2n) is 4.85. The van der Waals surface area contributed by atoms with Gasteiger partial charge in [0, 0.05) is 17.4 Å². The maximum absolute atomic E-state index is 12.6. The zero-order valence-electron chi connectivity index (χ0n) is 11.1. The first-order valence-electron chi connectivity index (χ1n) is 6.39. The fourth-order valence-corrected chi connectivity index (χ4v) is 3.08. The minimum Gasteiger partial charge on any atom is -0.368 e. The molecule has 0 aromatic carbocycles. The van der Waals surface area contributed by atoms with Gasteiger partial charge in [0.1, 0.15) is 5.82 Å². The van der Waals surface area contributed by atoms with Crippen LogP contribution < -0.4 is 11.1 Å². The Morgan fingerprint density at radius 2 is 1.90 bits per heavy atom. The second kappa shape index (κ2) is 6.07. The van der Waals surface area contributed by atoms with E-state index in [9.17, 15) is 13.2 Å². The van der Waals surface area contributed by atoms with Gasteiger partial charge in [0.25, 0.3) is 0 Å². The minimum absolute atomic E-state index is 0.147. The van der Waals surface area contributed by atoms with Crippen LogP contribution in [0.25, 0.3) is 0 Å². The van der Waals surface area contributed by atoms with Crippen molar-refractivity contribution >= 4 is 23.5 Å². The summed E-state index contributed by atoms with van der Waals surface area (Å²) in [6, 6.07) is 1.06. The van der Waals surface area contributed by atoms with Crippen LogP contribution in [0.1, 0.15) is 31.4 Å². The monoisotopic (exact) mass is 306 g/mol. The average Bonchev–Trinajstić information content (AvgIpc) is 2.38. The van der Waals surface area contributed by atoms with Crippen LogP contribution in [0.5, 0.6) is 0 Å². The molecule has 1 aliphatic carbocycles. The molecule has 20 heavy (non-hydrogen) atoms. The van der Waals surface area contributed by atoms with Crippen molar-refractivity contribution in [3.8, 4) is 0 Å². The number of hydrogen-bond acceptors (Lipinski definition) is 5. The van der Waals surface area contributed by atoms with Gasteiger partial charge >= 0.3 is 6.18 Å². The zero-order chi connectivity index (χ0) is 14.8. The molecular weight excluding hydrogens is 289 g/mol. The summed E-state index contributed by atoms with van der Waals surface area (Å²) in [7, 11) is 0. The molecule has 1 aromatic rings. The molecule has 1 heterocycles. The molecule has 0 atom stereocenters. The number of halogens is 3. The maximum Gasteiger partial charge on any atom is 0.433 e. The molecule has 3 N–H and O–H groups in total. The molecule has 1 saturated carbocycles. The second-order valence-corrected chi connectivity index (χ2v) is 5.99. The highest BCUT2D eigenvalue weighted by Crippen LogP contribution is 2.31. The standard InChI is InChI=1S/C12H17F3N4S/c1-20-8-4-2-7(3-5-8)17-10-6-9(12(13,14)15)18-11(16)19-10/h6-8H,2-5H2,1H3,(H3,16,17,18,19). The molecule has 112 valence electrons. The van der Waals surface area contributed by atoms with Gasteiger partial charge < -0.3 is 11.1 Å². The van der Waals surface area contributed by atoms with Crippen LogP contribution in [0.2, 0.25) is 0 Å². The van der Waals surface area contributed by atoms with Crippen LogP contribution in [0.15, 0.2) is 6.07 Å². The summed E-state index contributed by atoms with van der Waals surface area (Å²) in [6.07, 6.45) is 1.55. The third-order valence-corrected chi connectivity index (χ3v) is 4.53. The molecule has 0 radical (unpaired) electrons. The summed E-state index contributed by atoms with van der Waals surface area (Å²) in [6.45, 7) is 0. The molecule has 1 aliphatic rings. The minimum atomic E-state index is -4.51. The van der Waals surface area contributed by atoms with Gasteiger partial charge in [-0.2, -0.15) is 29.9 Å². The van der Waals surface area contributed by atoms with Gasteiger partial charge in [-0.15, -0.1) is 0 Å². The summed E-state index contributed by atoms with van der Waals surface area (Å²) < 4.78 is 37.9. The van der Waals surface area contributed by atoms with Crippen molar-refractivity contribution in [3.05, 3.63) is 11.8 Å². The van der Waals surface area contributed by atoms with Crippen molar-refractivity contribution in [3.63, 3.8) is 0 Å². The van der Waals surface area contributed by atoms with Crippen molar-refractivity contribution in [1.82, 2.24) is 9.97 Å². The number of thioether (sulfide) groups is 1. The highest BCUT2D eigenvalue weighted by molar-refractivity contribution is 7.99. The van der Waals surface area contributed by atoms with E-state index in [1.54, 1.807) is 0 Å². The van der Waals surface area contributed by atoms with Gasteiger partial charge in [-0.1, -0.05) is 0 Å². The summed E-state index contributed by atoms with van der Waals surface area (Å²) in [5, 5.41) is 3.69. The van der Waals surface area contributed by atoms with Gasteiger partial charge in [0.05, 0.1) is 0 Å². The third-order valence-electron chi connectivity index (χ3n) is 3.39. The van der Waals surface area contributed by atoms with Crippen LogP contribution in [0.4, 0.5) is 24.9 Å². The average molecular weight is 306 g/mol. The first-order chi connectivity index (χ1) is 9.38. The van der Waals surface area contributed by atoms with E-state index in [0.29, 0.717) is 5.25 Å². The largest absolute Gasteiger partial charge is 0.433 e. The number of aromatic nitrogens is 2. The summed E-state index contributed by atoms with van der Waals surface area (Å²) in [5.74, 6) is -0.211. The third kappa shape index (κ3) is 3.91. The summed E-state index contributed by atoms with van der Waals surface area (Å²) in [4.78, 5) is 7.05. The quantitative estimate of drug-likeness (QED) is 0.898. The highest BCUT2D eigenvalue weighted by Gasteiger charge is 2.33. The van der Waals surface area contributed by atoms with E-state index in [1.807, 2.05) is 11.8 Å². The highest BCUT2D eigenvalue weighted by atomic mass is 32.2. The van der Waals surface area contributed by atoms with Crippen molar-refractivity contribution in [2.45, 2.75) is 43.2 Å². The number of hydrogen-bond donors (Lipinski definition) is 2. The van der Waals surface area contributed by atoms with Crippen molar-refractivity contribution in [2.75, 3.05) is 17.3 Å². The van der Waals surface area contributed by atoms with E-state index < -0.39 is 11.9 Å². The fraction of sp³-hybridized carbons (Fsp3) is 0.667. The number of nitrogens with zero attached hydrogens (tertiary/aromatic N) is 2. The van der Waals surface area contributed by atoms with E-state index in [0.717, 1.165) is 31.7 Å². The zero-order valence-corrected chi connectivity index (χ0v) is 11.9. The lowest BCUT2D eigenvalue weighted by Crippen LogP contribution is -2.28. The Balaban J connectivity index is 2.05. The number of nitrogens with two attached hydrogens (primary N) is 1. The Labute approximate surface area is 119 Å². The lowest BCUT2D eigenvalue weighted by molar-refractivity contribution is -0.141. The molecule has 1 aromatic heterocycles. The molecule has 0 amide bonds. The number of nitrogen functional groups attached to an aromatic ring is 1. The van der Waals surface area contributed by atoms with Crippen molar-refractivity contribution in [2.24, 2.45) is 0 Å². The van der Waals surface area contributed by atoms with E-state index >= 15 is 0 Å².